The third-order valence-corrected chi connectivity index (χ3v) is 3.21. The van der Waals surface area contributed by atoms with E-state index in [9.17, 15) is 4.79 Å². The number of benzene rings is 1. The molecule has 1 amide bonds. The number of rotatable bonds is 2. The first-order valence-electron chi connectivity index (χ1n) is 4.88. The van der Waals surface area contributed by atoms with Gasteiger partial charge in [0.1, 0.15) is 0 Å². The van der Waals surface area contributed by atoms with Crippen molar-refractivity contribution in [2.75, 3.05) is 5.43 Å². The van der Waals surface area contributed by atoms with E-state index in [0.29, 0.717) is 5.56 Å². The minimum Gasteiger partial charge on any atom is -0.268 e. The van der Waals surface area contributed by atoms with Gasteiger partial charge in [0.25, 0.3) is 5.91 Å². The molecule has 0 saturated heterocycles. The number of nitrogens with one attached hydrogen (secondary N) is 1. The molecule has 0 aliphatic carbocycles. The lowest BCUT2D eigenvalue weighted by molar-refractivity contribution is 0.101. The molecular formula is C12H11BrN2O. The van der Waals surface area contributed by atoms with E-state index < -0.39 is 0 Å². The summed E-state index contributed by atoms with van der Waals surface area (Å²) >= 11 is 3.41. The molecule has 16 heavy (non-hydrogen) atoms. The Morgan fingerprint density at radius 1 is 1.25 bits per heavy atom. The molecule has 0 spiro atoms. The molecule has 0 unspecified atom stereocenters. The highest BCUT2D eigenvalue weighted by molar-refractivity contribution is 9.10. The van der Waals surface area contributed by atoms with E-state index in [1.165, 1.54) is 0 Å². The molecule has 0 saturated carbocycles. The zero-order valence-electron chi connectivity index (χ0n) is 8.77. The first kappa shape index (κ1) is 11.0. The molecule has 4 heteroatoms. The molecule has 2 rings (SSSR count). The zero-order chi connectivity index (χ0) is 11.5. The van der Waals surface area contributed by atoms with Crippen LogP contribution in [0.5, 0.6) is 0 Å². The average molecular weight is 279 g/mol. The molecule has 1 aromatic heterocycles. The highest BCUT2D eigenvalue weighted by Gasteiger charge is 2.10. The van der Waals surface area contributed by atoms with Crippen molar-refractivity contribution in [1.82, 2.24) is 4.68 Å². The molecule has 0 atom stereocenters. The number of carbonyl (C=O) groups is 1. The van der Waals surface area contributed by atoms with Crippen molar-refractivity contribution in [3.05, 3.63) is 58.3 Å². The molecule has 0 aliphatic heterocycles. The third kappa shape index (κ3) is 2.17. The second kappa shape index (κ2) is 4.53. The van der Waals surface area contributed by atoms with Gasteiger partial charge in [0.05, 0.1) is 0 Å². The summed E-state index contributed by atoms with van der Waals surface area (Å²) < 4.78 is 2.57. The summed E-state index contributed by atoms with van der Waals surface area (Å²) in [6.07, 6.45) is 3.57. The van der Waals surface area contributed by atoms with Crippen LogP contribution in [0.4, 0.5) is 0 Å². The summed E-state index contributed by atoms with van der Waals surface area (Å²) in [5, 5.41) is 0. The summed E-state index contributed by atoms with van der Waals surface area (Å²) in [5.74, 6) is -0.116. The van der Waals surface area contributed by atoms with Gasteiger partial charge in [-0.05, 0) is 36.8 Å². The standard InChI is InChI=1S/C12H11BrN2O/c1-9-10(5-4-6-11(9)13)12(16)14-15-7-2-3-8-15/h2-8H,1H3,(H,14,16). The van der Waals surface area contributed by atoms with E-state index in [0.717, 1.165) is 10.0 Å². The van der Waals surface area contributed by atoms with Crippen molar-refractivity contribution in [3.8, 4) is 0 Å². The van der Waals surface area contributed by atoms with Gasteiger partial charge in [-0.25, -0.2) is 0 Å². The van der Waals surface area contributed by atoms with Crippen LogP contribution in [0, 0.1) is 6.92 Å². The molecule has 0 aliphatic rings. The largest absolute Gasteiger partial charge is 0.270 e. The van der Waals surface area contributed by atoms with Crippen molar-refractivity contribution in [1.29, 1.82) is 0 Å². The van der Waals surface area contributed by atoms with Crippen LogP contribution in [0.2, 0.25) is 0 Å². The molecule has 1 aromatic carbocycles. The van der Waals surface area contributed by atoms with Gasteiger partial charge in [-0.1, -0.05) is 22.0 Å². The van der Waals surface area contributed by atoms with Crippen LogP contribution in [-0.2, 0) is 0 Å². The molecule has 1 N–H and O–H groups in total. The van der Waals surface area contributed by atoms with Gasteiger partial charge < -0.3 is 0 Å². The fourth-order valence-electron chi connectivity index (χ4n) is 1.44. The van der Waals surface area contributed by atoms with Crippen molar-refractivity contribution in [3.63, 3.8) is 0 Å². The normalized spacial score (nSPS) is 10.1. The van der Waals surface area contributed by atoms with Crippen molar-refractivity contribution < 1.29 is 4.79 Å². The molecule has 82 valence electrons. The number of hydrogen-bond acceptors (Lipinski definition) is 1. The van der Waals surface area contributed by atoms with Crippen LogP contribution in [0.1, 0.15) is 15.9 Å². The van der Waals surface area contributed by atoms with Crippen LogP contribution in [0.25, 0.3) is 0 Å². The second-order valence-electron chi connectivity index (χ2n) is 3.44. The topological polar surface area (TPSA) is 34.0 Å². The van der Waals surface area contributed by atoms with Gasteiger partial charge in [-0.15, -0.1) is 0 Å². The summed E-state index contributed by atoms with van der Waals surface area (Å²) in [6.45, 7) is 1.91. The highest BCUT2D eigenvalue weighted by atomic mass is 79.9. The Labute approximate surface area is 102 Å². The lowest BCUT2D eigenvalue weighted by Crippen LogP contribution is -2.22. The molecule has 0 bridgehead atoms. The molecular weight excluding hydrogens is 268 g/mol. The number of carbonyl (C=O) groups excluding carboxylic acids is 1. The Hall–Kier alpha value is -1.55. The number of hydrogen-bond donors (Lipinski definition) is 1. The van der Waals surface area contributed by atoms with Gasteiger partial charge in [0, 0.05) is 22.4 Å². The quantitative estimate of drug-likeness (QED) is 0.901. The maximum absolute atomic E-state index is 11.9. The van der Waals surface area contributed by atoms with E-state index in [2.05, 4.69) is 21.4 Å². The Balaban J connectivity index is 2.24. The van der Waals surface area contributed by atoms with E-state index in [1.54, 1.807) is 23.1 Å². The molecule has 0 radical (unpaired) electrons. The minimum atomic E-state index is -0.116. The Morgan fingerprint density at radius 2 is 1.94 bits per heavy atom. The SMILES string of the molecule is Cc1c(Br)cccc1C(=O)Nn1cccc1. The van der Waals surface area contributed by atoms with Crippen molar-refractivity contribution in [2.45, 2.75) is 6.92 Å². The minimum absolute atomic E-state index is 0.116. The van der Waals surface area contributed by atoms with E-state index in [-0.39, 0.29) is 5.91 Å². The summed E-state index contributed by atoms with van der Waals surface area (Å²) in [4.78, 5) is 11.9. The smallest absolute Gasteiger partial charge is 0.268 e. The highest BCUT2D eigenvalue weighted by Crippen LogP contribution is 2.19. The van der Waals surface area contributed by atoms with Crippen LogP contribution < -0.4 is 5.43 Å². The Bertz CT molecular complexity index is 506. The van der Waals surface area contributed by atoms with Crippen molar-refractivity contribution in [2.24, 2.45) is 0 Å². The summed E-state index contributed by atoms with van der Waals surface area (Å²) in [5.41, 5.74) is 4.37. The summed E-state index contributed by atoms with van der Waals surface area (Å²) in [7, 11) is 0. The number of aromatic nitrogens is 1. The van der Waals surface area contributed by atoms with E-state index >= 15 is 0 Å². The summed E-state index contributed by atoms with van der Waals surface area (Å²) in [6, 6.07) is 9.28. The maximum atomic E-state index is 11.9. The first-order chi connectivity index (χ1) is 7.68. The number of amides is 1. The van der Waals surface area contributed by atoms with E-state index in [1.807, 2.05) is 31.2 Å². The van der Waals surface area contributed by atoms with Crippen LogP contribution >= 0.6 is 15.9 Å². The van der Waals surface area contributed by atoms with Crippen LogP contribution in [0.15, 0.2) is 47.2 Å². The predicted molar refractivity (Wildman–Crippen MR) is 67.0 cm³/mol. The van der Waals surface area contributed by atoms with Crippen LogP contribution in [0.3, 0.4) is 0 Å². The van der Waals surface area contributed by atoms with Crippen molar-refractivity contribution >= 4 is 21.8 Å². The number of halogens is 1. The van der Waals surface area contributed by atoms with E-state index in [4.69, 9.17) is 0 Å². The van der Waals surface area contributed by atoms with Gasteiger partial charge in [0.15, 0.2) is 0 Å². The van der Waals surface area contributed by atoms with Gasteiger partial charge >= 0.3 is 0 Å². The zero-order valence-corrected chi connectivity index (χ0v) is 10.4. The van der Waals surface area contributed by atoms with Gasteiger partial charge in [-0.2, -0.15) is 0 Å². The maximum Gasteiger partial charge on any atom is 0.270 e. The molecule has 3 nitrogen and oxygen atoms in total. The lowest BCUT2D eigenvalue weighted by Gasteiger charge is -2.09. The number of nitrogens with zero attached hydrogens (tertiary/aromatic N) is 1. The third-order valence-electron chi connectivity index (χ3n) is 2.35. The molecule has 2 aromatic rings. The second-order valence-corrected chi connectivity index (χ2v) is 4.30. The fraction of sp³-hybridized carbons (Fsp3) is 0.0833. The molecule has 1 heterocycles. The molecule has 0 fully saturated rings. The lowest BCUT2D eigenvalue weighted by atomic mass is 10.1. The Kier molecular flexibility index (Phi) is 3.10. The van der Waals surface area contributed by atoms with Gasteiger partial charge in [0.2, 0.25) is 0 Å². The van der Waals surface area contributed by atoms with Gasteiger partial charge in [-0.3, -0.25) is 14.9 Å². The average Bonchev–Trinajstić information content (AvgIpc) is 2.74. The van der Waals surface area contributed by atoms with Crippen LogP contribution in [-0.4, -0.2) is 10.6 Å². The first-order valence-corrected chi connectivity index (χ1v) is 5.67. The monoisotopic (exact) mass is 278 g/mol. The Morgan fingerprint density at radius 3 is 2.62 bits per heavy atom. The predicted octanol–water partition coefficient (Wildman–Crippen LogP) is 2.94. The fourth-order valence-corrected chi connectivity index (χ4v) is 1.81.